The SMILES string of the molecule is NNC(=O)c1ccc(C(F)(F)F)cc1.O=c1[nH]nc(-c2ccc(C(F)(F)F)cc2)o1. The molecule has 7 nitrogen and oxygen atoms in total. The molecule has 1 heterocycles. The minimum absolute atomic E-state index is 0.0428. The molecular formula is C17H12F6N4O3. The molecule has 4 N–H and O–H groups in total. The Labute approximate surface area is 163 Å². The molecule has 0 unspecified atom stereocenters. The van der Waals surface area contributed by atoms with Gasteiger partial charge in [0, 0.05) is 11.1 Å². The highest BCUT2D eigenvalue weighted by molar-refractivity contribution is 5.93. The number of H-pyrrole nitrogens is 1. The first-order chi connectivity index (χ1) is 13.9. The molecule has 0 spiro atoms. The van der Waals surface area contributed by atoms with E-state index in [-0.39, 0.29) is 11.5 Å². The molecule has 2 aromatic carbocycles. The number of hydrogen-bond acceptors (Lipinski definition) is 5. The molecule has 0 bridgehead atoms. The zero-order valence-electron chi connectivity index (χ0n) is 14.6. The number of hydrazine groups is 1. The summed E-state index contributed by atoms with van der Waals surface area (Å²) in [7, 11) is 0. The van der Waals surface area contributed by atoms with Crippen LogP contribution in [0.25, 0.3) is 11.5 Å². The highest BCUT2D eigenvalue weighted by Crippen LogP contribution is 2.30. The summed E-state index contributed by atoms with van der Waals surface area (Å²) in [4.78, 5) is 21.5. The van der Waals surface area contributed by atoms with Gasteiger partial charge in [0.25, 0.3) is 5.91 Å². The van der Waals surface area contributed by atoms with E-state index in [4.69, 9.17) is 5.84 Å². The third kappa shape index (κ3) is 5.94. The summed E-state index contributed by atoms with van der Waals surface area (Å²) in [5, 5.41) is 5.51. The maximum Gasteiger partial charge on any atom is 0.434 e. The fourth-order valence-electron chi connectivity index (χ4n) is 2.05. The summed E-state index contributed by atoms with van der Waals surface area (Å²) in [5.74, 6) is 3.38. The Morgan fingerprint density at radius 2 is 1.37 bits per heavy atom. The second kappa shape index (κ2) is 8.82. The van der Waals surface area contributed by atoms with Gasteiger partial charge in [-0.05, 0) is 48.5 Å². The topological polar surface area (TPSA) is 114 Å². The number of hydrogen-bond donors (Lipinski definition) is 3. The van der Waals surface area contributed by atoms with Gasteiger partial charge in [-0.2, -0.15) is 26.3 Å². The predicted octanol–water partition coefficient (Wildman–Crippen LogP) is 3.36. The van der Waals surface area contributed by atoms with E-state index in [9.17, 15) is 35.9 Å². The number of benzene rings is 2. The predicted molar refractivity (Wildman–Crippen MR) is 90.7 cm³/mol. The van der Waals surface area contributed by atoms with Crippen molar-refractivity contribution in [1.82, 2.24) is 15.6 Å². The number of rotatable bonds is 2. The smallest absolute Gasteiger partial charge is 0.388 e. The summed E-state index contributed by atoms with van der Waals surface area (Å²) < 4.78 is 77.5. The molecule has 160 valence electrons. The molecule has 0 saturated heterocycles. The van der Waals surface area contributed by atoms with Crippen LogP contribution in [0.1, 0.15) is 21.5 Å². The zero-order valence-corrected chi connectivity index (χ0v) is 14.6. The molecule has 0 aliphatic heterocycles. The number of aromatic amines is 1. The van der Waals surface area contributed by atoms with Crippen LogP contribution in [0.4, 0.5) is 26.3 Å². The summed E-state index contributed by atoms with van der Waals surface area (Å²) in [5.41, 5.74) is 0.631. The van der Waals surface area contributed by atoms with Crippen LogP contribution in [-0.2, 0) is 12.4 Å². The first-order valence-corrected chi connectivity index (χ1v) is 7.83. The number of nitrogens with one attached hydrogen (secondary N) is 2. The Morgan fingerprint density at radius 1 is 0.900 bits per heavy atom. The number of aromatic nitrogens is 2. The van der Waals surface area contributed by atoms with Crippen molar-refractivity contribution < 1.29 is 35.6 Å². The van der Waals surface area contributed by atoms with E-state index in [1.807, 2.05) is 10.5 Å². The highest BCUT2D eigenvalue weighted by atomic mass is 19.4. The second-order valence-corrected chi connectivity index (χ2v) is 5.54. The average molecular weight is 434 g/mol. The summed E-state index contributed by atoms with van der Waals surface area (Å²) in [6.07, 6.45) is -8.78. The lowest BCUT2D eigenvalue weighted by Crippen LogP contribution is -2.29. The minimum Gasteiger partial charge on any atom is -0.388 e. The van der Waals surface area contributed by atoms with Crippen molar-refractivity contribution >= 4 is 5.91 Å². The molecule has 0 saturated carbocycles. The lowest BCUT2D eigenvalue weighted by molar-refractivity contribution is -0.138. The zero-order chi connectivity index (χ0) is 22.5. The number of nitrogens with two attached hydrogens (primary N) is 1. The average Bonchev–Trinajstić information content (AvgIpc) is 3.13. The fraction of sp³-hybridized carbons (Fsp3) is 0.118. The van der Waals surface area contributed by atoms with Gasteiger partial charge >= 0.3 is 18.1 Å². The van der Waals surface area contributed by atoms with Crippen molar-refractivity contribution in [1.29, 1.82) is 0 Å². The number of amides is 1. The molecular weight excluding hydrogens is 422 g/mol. The molecule has 0 radical (unpaired) electrons. The first-order valence-electron chi connectivity index (χ1n) is 7.83. The van der Waals surface area contributed by atoms with Gasteiger partial charge in [0.15, 0.2) is 0 Å². The monoisotopic (exact) mass is 434 g/mol. The van der Waals surface area contributed by atoms with Crippen LogP contribution >= 0.6 is 0 Å². The van der Waals surface area contributed by atoms with Gasteiger partial charge in [-0.15, -0.1) is 5.10 Å². The Hall–Kier alpha value is -3.61. The van der Waals surface area contributed by atoms with Gasteiger partial charge in [0.05, 0.1) is 11.1 Å². The van der Waals surface area contributed by atoms with Gasteiger partial charge in [-0.1, -0.05) is 0 Å². The first kappa shape index (κ1) is 22.7. The van der Waals surface area contributed by atoms with E-state index in [1.165, 1.54) is 12.1 Å². The van der Waals surface area contributed by atoms with Crippen LogP contribution in [0.2, 0.25) is 0 Å². The molecule has 0 fully saturated rings. The number of alkyl halides is 6. The lowest BCUT2D eigenvalue weighted by atomic mass is 10.1. The number of carbonyl (C=O) groups is 1. The quantitative estimate of drug-likeness (QED) is 0.248. The van der Waals surface area contributed by atoms with Crippen molar-refractivity contribution in [2.24, 2.45) is 5.84 Å². The summed E-state index contributed by atoms with van der Waals surface area (Å²) >= 11 is 0. The third-order valence-electron chi connectivity index (χ3n) is 3.50. The third-order valence-corrected chi connectivity index (χ3v) is 3.50. The Kier molecular flexibility index (Phi) is 6.66. The normalized spacial score (nSPS) is 11.4. The van der Waals surface area contributed by atoms with Crippen molar-refractivity contribution in [3.8, 4) is 11.5 Å². The van der Waals surface area contributed by atoms with Crippen molar-refractivity contribution in [2.75, 3.05) is 0 Å². The number of carbonyl (C=O) groups excluding carboxylic acids is 1. The van der Waals surface area contributed by atoms with Crippen LogP contribution in [0.15, 0.2) is 57.7 Å². The van der Waals surface area contributed by atoms with E-state index in [2.05, 4.69) is 9.52 Å². The maximum atomic E-state index is 12.2. The molecule has 1 amide bonds. The van der Waals surface area contributed by atoms with E-state index >= 15 is 0 Å². The second-order valence-electron chi connectivity index (χ2n) is 5.54. The van der Waals surface area contributed by atoms with Crippen molar-refractivity contribution in [3.63, 3.8) is 0 Å². The van der Waals surface area contributed by atoms with Gasteiger partial charge in [0.1, 0.15) is 0 Å². The number of halogens is 6. The van der Waals surface area contributed by atoms with Crippen molar-refractivity contribution in [3.05, 3.63) is 75.8 Å². The molecule has 3 aromatic rings. The van der Waals surface area contributed by atoms with Crippen LogP contribution in [0.5, 0.6) is 0 Å². The molecule has 0 atom stereocenters. The van der Waals surface area contributed by atoms with Crippen LogP contribution in [0, 0.1) is 0 Å². The number of nitrogen functional groups attached to an aromatic ring is 1. The maximum absolute atomic E-state index is 12.2. The molecule has 13 heteroatoms. The lowest BCUT2D eigenvalue weighted by Gasteiger charge is -2.06. The molecule has 1 aromatic heterocycles. The minimum atomic E-state index is -4.39. The van der Waals surface area contributed by atoms with E-state index < -0.39 is 35.1 Å². The van der Waals surface area contributed by atoms with Crippen molar-refractivity contribution in [2.45, 2.75) is 12.4 Å². The van der Waals surface area contributed by atoms with Gasteiger partial charge in [0.2, 0.25) is 5.89 Å². The van der Waals surface area contributed by atoms with E-state index in [0.29, 0.717) is 5.56 Å². The van der Waals surface area contributed by atoms with Gasteiger partial charge in [-0.3, -0.25) is 10.2 Å². The van der Waals surface area contributed by atoms with Gasteiger partial charge in [-0.25, -0.2) is 15.7 Å². The highest BCUT2D eigenvalue weighted by Gasteiger charge is 2.30. The van der Waals surface area contributed by atoms with E-state index in [0.717, 1.165) is 36.4 Å². The number of nitrogens with zero attached hydrogens (tertiary/aromatic N) is 1. The molecule has 30 heavy (non-hydrogen) atoms. The van der Waals surface area contributed by atoms with E-state index in [1.54, 1.807) is 0 Å². The largest absolute Gasteiger partial charge is 0.434 e. The summed E-state index contributed by atoms with van der Waals surface area (Å²) in [6, 6.07) is 7.92. The van der Waals surface area contributed by atoms with Gasteiger partial charge < -0.3 is 4.42 Å². The Balaban J connectivity index is 0.000000216. The van der Waals surface area contributed by atoms with Crippen LogP contribution in [-0.4, -0.2) is 16.1 Å². The molecule has 0 aliphatic carbocycles. The van der Waals surface area contributed by atoms with Crippen LogP contribution in [0.3, 0.4) is 0 Å². The molecule has 0 aliphatic rings. The molecule has 3 rings (SSSR count). The Bertz CT molecular complexity index is 1040. The standard InChI is InChI=1S/C9H5F3N2O2.C8H7F3N2O/c10-9(11,12)6-3-1-5(2-4-6)7-13-14-8(15)16-7;9-8(10,11)6-3-1-5(2-4-6)7(14)13-12/h1-4H,(H,14,15);1-4H,12H2,(H,13,14). The Morgan fingerprint density at radius 3 is 1.73 bits per heavy atom. The van der Waals surface area contributed by atoms with Crippen LogP contribution < -0.4 is 17.0 Å². The summed E-state index contributed by atoms with van der Waals surface area (Å²) in [6.45, 7) is 0. The fourth-order valence-corrected chi connectivity index (χ4v) is 2.05.